The average Bonchev–Trinajstić information content (AvgIpc) is 3.40. The highest BCUT2D eigenvalue weighted by Crippen LogP contribution is 2.46. The van der Waals surface area contributed by atoms with E-state index in [2.05, 4.69) is 89.7 Å². The summed E-state index contributed by atoms with van der Waals surface area (Å²) in [7, 11) is 0. The fourth-order valence-corrected chi connectivity index (χ4v) is 5.36. The molecule has 0 saturated carbocycles. The molecule has 2 nitrogen and oxygen atoms in total. The Morgan fingerprint density at radius 3 is 1.67 bits per heavy atom. The van der Waals surface area contributed by atoms with Crippen molar-refractivity contribution in [3.63, 3.8) is 0 Å². The number of hydrogen-bond donors (Lipinski definition) is 2. The van der Waals surface area contributed by atoms with Gasteiger partial charge in [-0.05, 0) is 42.2 Å². The second-order valence-electron chi connectivity index (χ2n) is 7.01. The Morgan fingerprint density at radius 2 is 1.22 bits per heavy atom. The number of benzene rings is 2. The molecule has 5 rings (SSSR count). The van der Waals surface area contributed by atoms with E-state index < -0.39 is 0 Å². The van der Waals surface area contributed by atoms with Gasteiger partial charge < -0.3 is 10.5 Å². The normalized spacial score (nSPS) is 12.6. The third-order valence-corrected chi connectivity index (χ3v) is 6.74. The van der Waals surface area contributed by atoms with Crippen molar-refractivity contribution in [2.75, 3.05) is 10.5 Å². The third kappa shape index (κ3) is 2.97. The zero-order chi connectivity index (χ0) is 18.4. The number of anilines is 2. The Balaban J connectivity index is 1.64. The van der Waals surface area contributed by atoms with E-state index in [9.17, 15) is 0 Å². The SMILES string of the molecule is Cc1cc(C)cc(B2Nc3c(-c4cccs4)ccc(-c4cccs4)c3N2)c1. The van der Waals surface area contributed by atoms with Crippen molar-refractivity contribution in [2.24, 2.45) is 0 Å². The average molecular weight is 386 g/mol. The molecule has 0 spiro atoms. The molecule has 0 unspecified atom stereocenters. The van der Waals surface area contributed by atoms with Gasteiger partial charge in [-0.15, -0.1) is 22.7 Å². The topological polar surface area (TPSA) is 24.1 Å². The number of aryl methyl sites for hydroxylation is 2. The van der Waals surface area contributed by atoms with Gasteiger partial charge in [-0.2, -0.15) is 0 Å². The maximum absolute atomic E-state index is 3.76. The lowest BCUT2D eigenvalue weighted by Gasteiger charge is -2.11. The molecule has 3 heterocycles. The predicted octanol–water partition coefficient (Wildman–Crippen LogP) is 5.99. The zero-order valence-electron chi connectivity index (χ0n) is 15.2. The summed E-state index contributed by atoms with van der Waals surface area (Å²) in [5, 5.41) is 11.8. The van der Waals surface area contributed by atoms with Gasteiger partial charge in [0.05, 0.1) is 11.4 Å². The van der Waals surface area contributed by atoms with E-state index in [1.165, 1.54) is 48.8 Å². The van der Waals surface area contributed by atoms with E-state index >= 15 is 0 Å². The fourth-order valence-electron chi connectivity index (χ4n) is 3.84. The monoisotopic (exact) mass is 386 g/mol. The summed E-state index contributed by atoms with van der Waals surface area (Å²) in [5.74, 6) is 0. The molecule has 0 saturated heterocycles. The van der Waals surface area contributed by atoms with Crippen molar-refractivity contribution in [3.05, 3.63) is 76.5 Å². The Hall–Kier alpha value is -2.50. The molecule has 1 aliphatic rings. The van der Waals surface area contributed by atoms with Crippen LogP contribution in [0.1, 0.15) is 11.1 Å². The molecule has 4 aromatic rings. The van der Waals surface area contributed by atoms with Gasteiger partial charge in [0.15, 0.2) is 0 Å². The molecule has 0 atom stereocenters. The lowest BCUT2D eigenvalue weighted by molar-refractivity contribution is 1.40. The van der Waals surface area contributed by atoms with Crippen molar-refractivity contribution >= 4 is 46.5 Å². The zero-order valence-corrected chi connectivity index (χ0v) is 16.9. The minimum atomic E-state index is 0.0819. The van der Waals surface area contributed by atoms with Crippen LogP contribution in [-0.2, 0) is 0 Å². The Bertz CT molecular complexity index is 1020. The van der Waals surface area contributed by atoms with Crippen molar-refractivity contribution < 1.29 is 0 Å². The Morgan fingerprint density at radius 1 is 0.704 bits per heavy atom. The lowest BCUT2D eigenvalue weighted by atomic mass is 9.68. The van der Waals surface area contributed by atoms with Crippen LogP contribution >= 0.6 is 22.7 Å². The van der Waals surface area contributed by atoms with Gasteiger partial charge in [-0.3, -0.25) is 0 Å². The summed E-state index contributed by atoms with van der Waals surface area (Å²) in [6, 6.07) is 19.9. The molecule has 132 valence electrons. The molecule has 5 heteroatoms. The second kappa shape index (κ2) is 6.59. The number of hydrogen-bond acceptors (Lipinski definition) is 4. The van der Waals surface area contributed by atoms with Crippen LogP contribution in [0.3, 0.4) is 0 Å². The molecule has 0 bridgehead atoms. The van der Waals surface area contributed by atoms with Crippen LogP contribution in [-0.4, -0.2) is 6.98 Å². The highest BCUT2D eigenvalue weighted by Gasteiger charge is 2.31. The summed E-state index contributed by atoms with van der Waals surface area (Å²) >= 11 is 3.56. The fraction of sp³-hybridized carbons (Fsp3) is 0.0909. The Labute approximate surface area is 168 Å². The van der Waals surface area contributed by atoms with Crippen LogP contribution < -0.4 is 15.9 Å². The standard InChI is InChI=1S/C22H19BN2S2/c1-14-11-15(2)13-16(12-14)23-24-21-17(19-5-3-9-26-19)7-8-18(22(21)25-23)20-6-4-10-27-20/h3-13,24-25H,1-2H3. The van der Waals surface area contributed by atoms with Crippen molar-refractivity contribution in [3.8, 4) is 20.9 Å². The number of nitrogens with one attached hydrogen (secondary N) is 2. The first-order valence-corrected chi connectivity index (χ1v) is 10.8. The van der Waals surface area contributed by atoms with Crippen LogP contribution in [0, 0.1) is 13.8 Å². The molecular weight excluding hydrogens is 367 g/mol. The molecule has 27 heavy (non-hydrogen) atoms. The number of rotatable bonds is 3. The van der Waals surface area contributed by atoms with E-state index in [-0.39, 0.29) is 6.98 Å². The molecule has 2 N–H and O–H groups in total. The van der Waals surface area contributed by atoms with Gasteiger partial charge in [-0.25, -0.2) is 0 Å². The van der Waals surface area contributed by atoms with Gasteiger partial charge in [0, 0.05) is 20.9 Å². The molecule has 2 aromatic heterocycles. The van der Waals surface area contributed by atoms with E-state index in [4.69, 9.17) is 0 Å². The first-order chi connectivity index (χ1) is 13.2. The highest BCUT2D eigenvalue weighted by molar-refractivity contribution is 7.14. The van der Waals surface area contributed by atoms with E-state index in [1.807, 2.05) is 0 Å². The smallest absolute Gasteiger partial charge is 0.403 e. The van der Waals surface area contributed by atoms with Crippen LogP contribution in [0.4, 0.5) is 11.4 Å². The molecular formula is C22H19BN2S2. The van der Waals surface area contributed by atoms with Gasteiger partial charge in [-0.1, -0.05) is 53.6 Å². The highest BCUT2D eigenvalue weighted by atomic mass is 32.1. The predicted molar refractivity (Wildman–Crippen MR) is 122 cm³/mol. The maximum Gasteiger partial charge on any atom is 0.406 e. The van der Waals surface area contributed by atoms with Crippen LogP contribution in [0.15, 0.2) is 65.4 Å². The number of thiophene rings is 2. The van der Waals surface area contributed by atoms with Crippen LogP contribution in [0.25, 0.3) is 20.9 Å². The van der Waals surface area contributed by atoms with Gasteiger partial charge >= 0.3 is 6.98 Å². The molecule has 0 amide bonds. The molecule has 0 aliphatic carbocycles. The van der Waals surface area contributed by atoms with E-state index in [0.29, 0.717) is 0 Å². The van der Waals surface area contributed by atoms with E-state index in [1.54, 1.807) is 22.7 Å². The van der Waals surface area contributed by atoms with Crippen LogP contribution in [0.2, 0.25) is 0 Å². The van der Waals surface area contributed by atoms with Crippen LogP contribution in [0.5, 0.6) is 0 Å². The summed E-state index contributed by atoms with van der Waals surface area (Å²) in [4.78, 5) is 2.58. The van der Waals surface area contributed by atoms with Gasteiger partial charge in [0.2, 0.25) is 0 Å². The van der Waals surface area contributed by atoms with Crippen molar-refractivity contribution in [2.45, 2.75) is 13.8 Å². The first-order valence-electron chi connectivity index (χ1n) is 9.05. The third-order valence-electron chi connectivity index (χ3n) is 4.93. The minimum absolute atomic E-state index is 0.0819. The molecule has 0 radical (unpaired) electrons. The first kappa shape index (κ1) is 16.7. The lowest BCUT2D eigenvalue weighted by Crippen LogP contribution is -2.42. The number of fused-ring (bicyclic) bond motifs is 1. The van der Waals surface area contributed by atoms with Gasteiger partial charge in [0.1, 0.15) is 0 Å². The molecule has 1 aliphatic heterocycles. The molecule has 0 fully saturated rings. The minimum Gasteiger partial charge on any atom is -0.403 e. The van der Waals surface area contributed by atoms with Crippen molar-refractivity contribution in [1.82, 2.24) is 0 Å². The summed E-state index contributed by atoms with van der Waals surface area (Å²) in [6.45, 7) is 4.40. The second-order valence-corrected chi connectivity index (χ2v) is 8.90. The van der Waals surface area contributed by atoms with Crippen molar-refractivity contribution in [1.29, 1.82) is 0 Å². The largest absolute Gasteiger partial charge is 0.406 e. The molecule has 2 aromatic carbocycles. The summed E-state index contributed by atoms with van der Waals surface area (Å²) < 4.78 is 0. The summed E-state index contributed by atoms with van der Waals surface area (Å²) in [5.41, 5.74) is 8.79. The Kier molecular flexibility index (Phi) is 4.07. The van der Waals surface area contributed by atoms with E-state index in [0.717, 1.165) is 0 Å². The quantitative estimate of drug-likeness (QED) is 0.423. The maximum atomic E-state index is 3.76. The summed E-state index contributed by atoms with van der Waals surface area (Å²) in [6.07, 6.45) is 0. The van der Waals surface area contributed by atoms with Gasteiger partial charge in [0.25, 0.3) is 0 Å².